The number of benzene rings is 2. The van der Waals surface area contributed by atoms with E-state index in [1.165, 1.54) is 10.8 Å². The lowest BCUT2D eigenvalue weighted by atomic mass is 10.1. The first kappa shape index (κ1) is 21.7. The van der Waals surface area contributed by atoms with E-state index in [4.69, 9.17) is 15.2 Å². The Kier molecular flexibility index (Phi) is 5.54. The number of phenolic OH excluding ortho intramolecular Hbond substituents is 1. The first-order chi connectivity index (χ1) is 16.4. The Morgan fingerprint density at radius 1 is 1.06 bits per heavy atom. The summed E-state index contributed by atoms with van der Waals surface area (Å²) >= 11 is 0. The molecule has 2 aliphatic heterocycles. The van der Waals surface area contributed by atoms with Crippen LogP contribution in [0.2, 0.25) is 0 Å². The first-order valence-electron chi connectivity index (χ1n) is 10.9. The number of nitrogens with two attached hydrogens (primary N) is 1. The van der Waals surface area contributed by atoms with Crippen molar-refractivity contribution in [2.24, 2.45) is 5.73 Å². The van der Waals surface area contributed by atoms with E-state index in [-0.39, 0.29) is 42.0 Å². The number of carbonyl (C=O) groups excluding carboxylic acids is 2. The molecule has 34 heavy (non-hydrogen) atoms. The Morgan fingerprint density at radius 2 is 1.79 bits per heavy atom. The largest absolute Gasteiger partial charge is 0.508 e. The molecule has 0 spiro atoms. The van der Waals surface area contributed by atoms with Gasteiger partial charge in [0.25, 0.3) is 11.8 Å². The number of carbonyl (C=O) groups is 2. The Labute approximate surface area is 194 Å². The molecule has 5 rings (SSSR count). The Hall–Kier alpha value is -4.11. The molecule has 0 bridgehead atoms. The van der Waals surface area contributed by atoms with E-state index < -0.39 is 23.5 Å². The number of nitrogens with zero attached hydrogens (tertiary/aromatic N) is 2. The maximum atomic E-state index is 13.5. The van der Waals surface area contributed by atoms with Crippen LogP contribution in [-0.2, 0) is 24.3 Å². The van der Waals surface area contributed by atoms with Crippen LogP contribution in [0.4, 0.5) is 0 Å². The number of phenols is 1. The van der Waals surface area contributed by atoms with Crippen LogP contribution < -0.4 is 15.9 Å². The number of hydrogen-bond acceptors (Lipinski definition) is 6. The fourth-order valence-corrected chi connectivity index (χ4v) is 4.39. The second-order valence-electron chi connectivity index (χ2n) is 8.38. The Morgan fingerprint density at radius 3 is 2.50 bits per heavy atom. The van der Waals surface area contributed by atoms with Crippen LogP contribution >= 0.6 is 0 Å². The minimum atomic E-state index is -0.891. The Balaban J connectivity index is 1.44. The highest BCUT2D eigenvalue weighted by atomic mass is 16.5. The third kappa shape index (κ3) is 4.01. The molecule has 0 aliphatic carbocycles. The van der Waals surface area contributed by atoms with Gasteiger partial charge in [-0.2, -0.15) is 0 Å². The zero-order valence-corrected chi connectivity index (χ0v) is 18.2. The second kappa shape index (κ2) is 8.68. The average Bonchev–Trinajstić information content (AvgIpc) is 3.23. The van der Waals surface area contributed by atoms with Gasteiger partial charge in [-0.25, -0.2) is 0 Å². The summed E-state index contributed by atoms with van der Waals surface area (Å²) in [6, 6.07) is 16.0. The zero-order chi connectivity index (χ0) is 23.8. The molecule has 2 aliphatic rings. The monoisotopic (exact) mass is 461 g/mol. The summed E-state index contributed by atoms with van der Waals surface area (Å²) in [7, 11) is 0. The van der Waals surface area contributed by atoms with Crippen LogP contribution in [0, 0.1) is 0 Å². The maximum absolute atomic E-state index is 13.5. The minimum Gasteiger partial charge on any atom is -0.508 e. The van der Waals surface area contributed by atoms with Crippen molar-refractivity contribution in [1.82, 2.24) is 9.47 Å². The van der Waals surface area contributed by atoms with Crippen LogP contribution in [0.3, 0.4) is 0 Å². The van der Waals surface area contributed by atoms with E-state index in [0.717, 1.165) is 11.1 Å². The molecule has 1 saturated heterocycles. The van der Waals surface area contributed by atoms with Gasteiger partial charge in [-0.15, -0.1) is 0 Å². The summed E-state index contributed by atoms with van der Waals surface area (Å²) in [5.41, 5.74) is 6.33. The summed E-state index contributed by atoms with van der Waals surface area (Å²) in [4.78, 5) is 40.0. The van der Waals surface area contributed by atoms with Gasteiger partial charge in [-0.05, 0) is 23.3 Å². The van der Waals surface area contributed by atoms with Gasteiger partial charge in [0.2, 0.25) is 5.43 Å². The van der Waals surface area contributed by atoms with E-state index in [2.05, 4.69) is 0 Å². The highest BCUT2D eigenvalue weighted by Crippen LogP contribution is 2.31. The standard InChI is InChI=1S/C25H23N3O6/c26-24(31)19-12-27-13-20-28(11-18(34-20)10-15-6-8-17(29)9-7-15)25(32)21(27)23(22(19)30)33-14-16-4-2-1-3-5-16/h1-9,12,18,20,29H,10-11,13-14H2,(H2,26,31). The fraction of sp³-hybridized carbons (Fsp3) is 0.240. The van der Waals surface area contributed by atoms with Crippen molar-refractivity contribution in [2.45, 2.75) is 31.9 Å². The van der Waals surface area contributed by atoms with Crippen molar-refractivity contribution in [2.75, 3.05) is 6.54 Å². The highest BCUT2D eigenvalue weighted by Gasteiger charge is 2.43. The van der Waals surface area contributed by atoms with Crippen LogP contribution in [-0.4, -0.2) is 45.3 Å². The summed E-state index contributed by atoms with van der Waals surface area (Å²) in [6.07, 6.45) is 1.05. The van der Waals surface area contributed by atoms with E-state index in [0.29, 0.717) is 13.0 Å². The topological polar surface area (TPSA) is 124 Å². The molecule has 2 atom stereocenters. The number of primary amides is 1. The van der Waals surface area contributed by atoms with Gasteiger partial charge in [0, 0.05) is 12.6 Å². The smallest absolute Gasteiger partial charge is 0.276 e. The molecule has 9 heteroatoms. The molecule has 1 aromatic heterocycles. The first-order valence-corrected chi connectivity index (χ1v) is 10.9. The predicted molar refractivity (Wildman–Crippen MR) is 122 cm³/mol. The van der Waals surface area contributed by atoms with Gasteiger partial charge in [0.1, 0.15) is 17.9 Å². The van der Waals surface area contributed by atoms with Crippen molar-refractivity contribution in [3.8, 4) is 11.5 Å². The van der Waals surface area contributed by atoms with Gasteiger partial charge in [-0.3, -0.25) is 14.4 Å². The van der Waals surface area contributed by atoms with Crippen LogP contribution in [0.1, 0.15) is 32.0 Å². The molecule has 3 heterocycles. The number of amides is 2. The fourth-order valence-electron chi connectivity index (χ4n) is 4.39. The molecule has 174 valence electrons. The van der Waals surface area contributed by atoms with E-state index in [1.54, 1.807) is 29.2 Å². The quantitative estimate of drug-likeness (QED) is 0.575. The normalized spacial score (nSPS) is 18.9. The minimum absolute atomic E-state index is 0.0575. The molecular formula is C25H23N3O6. The van der Waals surface area contributed by atoms with Crippen molar-refractivity contribution in [1.29, 1.82) is 0 Å². The molecule has 3 N–H and O–H groups in total. The second-order valence-corrected chi connectivity index (χ2v) is 8.38. The van der Waals surface area contributed by atoms with E-state index >= 15 is 0 Å². The number of hydrogen-bond donors (Lipinski definition) is 2. The predicted octanol–water partition coefficient (Wildman–Crippen LogP) is 1.66. The molecule has 3 aromatic rings. The van der Waals surface area contributed by atoms with Gasteiger partial charge in [0.05, 0.1) is 19.2 Å². The van der Waals surface area contributed by atoms with Crippen molar-refractivity contribution < 1.29 is 24.2 Å². The number of ether oxygens (including phenoxy) is 2. The molecule has 2 aromatic carbocycles. The maximum Gasteiger partial charge on any atom is 0.276 e. The summed E-state index contributed by atoms with van der Waals surface area (Å²) < 4.78 is 13.4. The zero-order valence-electron chi connectivity index (χ0n) is 18.2. The lowest BCUT2D eigenvalue weighted by molar-refractivity contribution is -0.0144. The SMILES string of the molecule is NC(=O)c1cn2c(c(OCc3ccccc3)c1=O)C(=O)N1CC(Cc3ccc(O)cc3)OC1C2. The number of aromatic hydroxyl groups is 1. The van der Waals surface area contributed by atoms with Crippen LogP contribution in [0.15, 0.2) is 65.6 Å². The highest BCUT2D eigenvalue weighted by molar-refractivity contribution is 5.99. The summed E-state index contributed by atoms with van der Waals surface area (Å²) in [5.74, 6) is -1.30. The molecule has 1 fully saturated rings. The van der Waals surface area contributed by atoms with Gasteiger partial charge >= 0.3 is 0 Å². The van der Waals surface area contributed by atoms with Gasteiger partial charge < -0.3 is 29.8 Å². The van der Waals surface area contributed by atoms with Crippen molar-refractivity contribution in [3.05, 3.63) is 93.4 Å². The van der Waals surface area contributed by atoms with Crippen molar-refractivity contribution in [3.63, 3.8) is 0 Å². The summed E-state index contributed by atoms with van der Waals surface area (Å²) in [5, 5.41) is 9.49. The lowest BCUT2D eigenvalue weighted by Gasteiger charge is -2.32. The number of aromatic nitrogens is 1. The molecule has 2 amide bonds. The summed E-state index contributed by atoms with van der Waals surface area (Å²) in [6.45, 7) is 0.631. The molecule has 0 radical (unpaired) electrons. The number of pyridine rings is 1. The average molecular weight is 461 g/mol. The number of rotatable bonds is 6. The third-order valence-electron chi connectivity index (χ3n) is 6.04. The van der Waals surface area contributed by atoms with Gasteiger partial charge in [-0.1, -0.05) is 42.5 Å². The lowest BCUT2D eigenvalue weighted by Crippen LogP contribution is -2.46. The van der Waals surface area contributed by atoms with E-state index in [1.807, 2.05) is 30.3 Å². The Bertz CT molecular complexity index is 1300. The molecule has 9 nitrogen and oxygen atoms in total. The van der Waals surface area contributed by atoms with E-state index in [9.17, 15) is 19.5 Å². The third-order valence-corrected chi connectivity index (χ3v) is 6.04. The molecule has 2 unspecified atom stereocenters. The molecule has 0 saturated carbocycles. The number of fused-ring (bicyclic) bond motifs is 2. The van der Waals surface area contributed by atoms with Crippen LogP contribution in [0.25, 0.3) is 0 Å². The van der Waals surface area contributed by atoms with Crippen LogP contribution in [0.5, 0.6) is 11.5 Å². The van der Waals surface area contributed by atoms with Gasteiger partial charge in [0.15, 0.2) is 17.7 Å². The molecular weight excluding hydrogens is 438 g/mol. The van der Waals surface area contributed by atoms with Crippen molar-refractivity contribution >= 4 is 11.8 Å².